The quantitative estimate of drug-likeness (QED) is 0.191. The standard InChI is InChI=1S/C11H18N4O2/c1-17-11(16)10(13-7-8-14-15-12)9-5-3-2-4-6-9/h2-3,9-10,13H,4-8H2,1H3. The van der Waals surface area contributed by atoms with E-state index in [9.17, 15) is 4.79 Å². The number of carbonyl (C=O) groups is 1. The van der Waals surface area contributed by atoms with Crippen molar-refractivity contribution in [2.24, 2.45) is 11.0 Å². The molecule has 0 bridgehead atoms. The van der Waals surface area contributed by atoms with Crippen molar-refractivity contribution in [3.63, 3.8) is 0 Å². The number of azide groups is 1. The van der Waals surface area contributed by atoms with Crippen LogP contribution in [0.15, 0.2) is 17.3 Å². The number of hydrogen-bond donors (Lipinski definition) is 1. The first-order chi connectivity index (χ1) is 8.29. The molecule has 0 aromatic carbocycles. The summed E-state index contributed by atoms with van der Waals surface area (Å²) in [6.45, 7) is 0.830. The molecule has 1 aliphatic rings. The number of nitrogens with zero attached hydrogens (tertiary/aromatic N) is 3. The van der Waals surface area contributed by atoms with Crippen LogP contribution >= 0.6 is 0 Å². The fourth-order valence-corrected chi connectivity index (χ4v) is 2.00. The van der Waals surface area contributed by atoms with Crippen LogP contribution in [-0.2, 0) is 9.53 Å². The summed E-state index contributed by atoms with van der Waals surface area (Å²) < 4.78 is 4.79. The second-order valence-corrected chi connectivity index (χ2v) is 3.95. The van der Waals surface area contributed by atoms with E-state index in [2.05, 4.69) is 27.5 Å². The molecule has 1 aliphatic carbocycles. The van der Waals surface area contributed by atoms with E-state index in [1.807, 2.05) is 0 Å². The zero-order chi connectivity index (χ0) is 12.5. The van der Waals surface area contributed by atoms with Crippen LogP contribution in [0.25, 0.3) is 10.4 Å². The largest absolute Gasteiger partial charge is 0.468 e. The maximum absolute atomic E-state index is 11.7. The molecule has 0 radical (unpaired) electrons. The van der Waals surface area contributed by atoms with Gasteiger partial charge in [-0.15, -0.1) is 0 Å². The average molecular weight is 238 g/mol. The van der Waals surface area contributed by atoms with Gasteiger partial charge in [0.25, 0.3) is 0 Å². The molecule has 0 saturated carbocycles. The SMILES string of the molecule is COC(=O)C(NCCN=[N+]=[N-])C1CC=CCC1. The lowest BCUT2D eigenvalue weighted by molar-refractivity contribution is -0.144. The highest BCUT2D eigenvalue weighted by molar-refractivity contribution is 5.76. The highest BCUT2D eigenvalue weighted by atomic mass is 16.5. The highest BCUT2D eigenvalue weighted by Crippen LogP contribution is 2.22. The summed E-state index contributed by atoms with van der Waals surface area (Å²) in [5.74, 6) is 0.0183. The normalized spacial score (nSPS) is 20.4. The summed E-state index contributed by atoms with van der Waals surface area (Å²) in [5, 5.41) is 6.53. The van der Waals surface area contributed by atoms with Crippen molar-refractivity contribution in [1.82, 2.24) is 5.32 Å². The minimum absolute atomic E-state index is 0.244. The molecule has 6 nitrogen and oxygen atoms in total. The zero-order valence-electron chi connectivity index (χ0n) is 10.0. The van der Waals surface area contributed by atoms with E-state index in [-0.39, 0.29) is 17.9 Å². The first-order valence-electron chi connectivity index (χ1n) is 5.76. The van der Waals surface area contributed by atoms with Crippen LogP contribution in [0, 0.1) is 5.92 Å². The topological polar surface area (TPSA) is 87.1 Å². The van der Waals surface area contributed by atoms with Gasteiger partial charge in [0.15, 0.2) is 0 Å². The number of rotatable bonds is 6. The molecule has 17 heavy (non-hydrogen) atoms. The van der Waals surface area contributed by atoms with Gasteiger partial charge in [-0.1, -0.05) is 17.3 Å². The molecule has 0 aromatic heterocycles. The summed E-state index contributed by atoms with van der Waals surface area (Å²) in [7, 11) is 1.39. The molecule has 0 amide bonds. The average Bonchev–Trinajstić information content (AvgIpc) is 2.39. The van der Waals surface area contributed by atoms with Crippen LogP contribution in [0.4, 0.5) is 0 Å². The monoisotopic (exact) mass is 238 g/mol. The Balaban J connectivity index is 2.50. The Kier molecular flexibility index (Phi) is 6.14. The van der Waals surface area contributed by atoms with Crippen molar-refractivity contribution in [3.8, 4) is 0 Å². The van der Waals surface area contributed by atoms with Crippen LogP contribution < -0.4 is 5.32 Å². The molecule has 0 saturated heterocycles. The van der Waals surface area contributed by atoms with Gasteiger partial charge in [0.05, 0.1) is 7.11 Å². The Morgan fingerprint density at radius 3 is 3.12 bits per heavy atom. The number of carbonyl (C=O) groups excluding carboxylic acids is 1. The maximum Gasteiger partial charge on any atom is 0.323 e. The van der Waals surface area contributed by atoms with Gasteiger partial charge >= 0.3 is 5.97 Å². The van der Waals surface area contributed by atoms with E-state index >= 15 is 0 Å². The van der Waals surface area contributed by atoms with Gasteiger partial charge in [-0.05, 0) is 30.7 Å². The molecule has 2 atom stereocenters. The van der Waals surface area contributed by atoms with Crippen LogP contribution in [0.1, 0.15) is 19.3 Å². The number of hydrogen-bond acceptors (Lipinski definition) is 4. The molecule has 94 valence electrons. The lowest BCUT2D eigenvalue weighted by Gasteiger charge is -2.26. The summed E-state index contributed by atoms with van der Waals surface area (Å²) >= 11 is 0. The third-order valence-electron chi connectivity index (χ3n) is 2.88. The van der Waals surface area contributed by atoms with Gasteiger partial charge < -0.3 is 10.1 Å². The van der Waals surface area contributed by atoms with Crippen molar-refractivity contribution >= 4 is 5.97 Å². The molecule has 1 rings (SSSR count). The van der Waals surface area contributed by atoms with E-state index in [4.69, 9.17) is 10.3 Å². The van der Waals surface area contributed by atoms with Crippen molar-refractivity contribution in [2.45, 2.75) is 25.3 Å². The third-order valence-corrected chi connectivity index (χ3v) is 2.88. The fourth-order valence-electron chi connectivity index (χ4n) is 2.00. The van der Waals surface area contributed by atoms with Crippen molar-refractivity contribution < 1.29 is 9.53 Å². The van der Waals surface area contributed by atoms with Crippen LogP contribution in [-0.4, -0.2) is 32.2 Å². The van der Waals surface area contributed by atoms with Gasteiger partial charge in [0.1, 0.15) is 6.04 Å². The van der Waals surface area contributed by atoms with Gasteiger partial charge in [0.2, 0.25) is 0 Å². The lowest BCUT2D eigenvalue weighted by Crippen LogP contribution is -2.44. The Morgan fingerprint density at radius 2 is 2.53 bits per heavy atom. The summed E-state index contributed by atoms with van der Waals surface area (Å²) in [6.07, 6.45) is 7.08. The molecule has 0 aromatic rings. The number of nitrogens with one attached hydrogen (secondary N) is 1. The lowest BCUT2D eigenvalue weighted by atomic mass is 9.87. The Labute approximate surface area is 101 Å². The highest BCUT2D eigenvalue weighted by Gasteiger charge is 2.28. The minimum Gasteiger partial charge on any atom is -0.468 e. The molecule has 0 heterocycles. The molecular weight excluding hydrogens is 220 g/mol. The Morgan fingerprint density at radius 1 is 1.71 bits per heavy atom. The molecule has 0 spiro atoms. The Hall–Kier alpha value is -1.52. The van der Waals surface area contributed by atoms with Crippen LogP contribution in [0.3, 0.4) is 0 Å². The van der Waals surface area contributed by atoms with Crippen LogP contribution in [0.2, 0.25) is 0 Å². The zero-order valence-corrected chi connectivity index (χ0v) is 10.0. The molecule has 2 unspecified atom stereocenters. The smallest absolute Gasteiger partial charge is 0.323 e. The third kappa shape index (κ3) is 4.46. The number of allylic oxidation sites excluding steroid dienone is 2. The van der Waals surface area contributed by atoms with Gasteiger partial charge in [-0.3, -0.25) is 4.79 Å². The van der Waals surface area contributed by atoms with Crippen molar-refractivity contribution in [2.75, 3.05) is 20.2 Å². The number of methoxy groups -OCH3 is 1. The molecule has 6 heteroatoms. The molecule has 0 aliphatic heterocycles. The van der Waals surface area contributed by atoms with E-state index in [1.54, 1.807) is 0 Å². The Bertz CT molecular complexity index is 323. The van der Waals surface area contributed by atoms with E-state index in [1.165, 1.54) is 7.11 Å². The maximum atomic E-state index is 11.7. The van der Waals surface area contributed by atoms with Crippen LogP contribution in [0.5, 0.6) is 0 Å². The van der Waals surface area contributed by atoms with Crippen molar-refractivity contribution in [1.29, 1.82) is 0 Å². The predicted octanol–water partition coefficient (Wildman–Crippen LogP) is 1.78. The van der Waals surface area contributed by atoms with Gasteiger partial charge in [-0.2, -0.15) is 0 Å². The molecule has 0 fully saturated rings. The molecular formula is C11H18N4O2. The minimum atomic E-state index is -0.307. The second-order valence-electron chi connectivity index (χ2n) is 3.95. The number of ether oxygens (including phenoxy) is 1. The van der Waals surface area contributed by atoms with E-state index in [0.29, 0.717) is 13.1 Å². The molecule has 1 N–H and O–H groups in total. The first-order valence-corrected chi connectivity index (χ1v) is 5.76. The van der Waals surface area contributed by atoms with E-state index < -0.39 is 0 Å². The van der Waals surface area contributed by atoms with Crippen molar-refractivity contribution in [3.05, 3.63) is 22.6 Å². The van der Waals surface area contributed by atoms with Gasteiger partial charge in [-0.25, -0.2) is 0 Å². The summed E-state index contributed by atoms with van der Waals surface area (Å²) in [6, 6.07) is -0.307. The second kappa shape index (κ2) is 7.70. The van der Waals surface area contributed by atoms with E-state index in [0.717, 1.165) is 19.3 Å². The first kappa shape index (κ1) is 13.5. The predicted molar refractivity (Wildman–Crippen MR) is 64.3 cm³/mol. The summed E-state index contributed by atoms with van der Waals surface area (Å²) in [5.41, 5.74) is 8.17. The summed E-state index contributed by atoms with van der Waals surface area (Å²) in [4.78, 5) is 14.3. The number of esters is 1. The van der Waals surface area contributed by atoms with Gasteiger partial charge in [0, 0.05) is 18.0 Å². The fraction of sp³-hybridized carbons (Fsp3) is 0.727.